The second-order valence-corrected chi connectivity index (χ2v) is 22.3. The van der Waals surface area contributed by atoms with Gasteiger partial charge in [-0.05, 0) is 166 Å². The molecule has 1 aliphatic heterocycles. The topological polar surface area (TPSA) is 3.24 Å². The van der Waals surface area contributed by atoms with Crippen molar-refractivity contribution in [1.82, 2.24) is 0 Å². The quantitative estimate of drug-likeness (QED) is 0.175. The number of hydrogen-bond acceptors (Lipinski definition) is 2. The lowest BCUT2D eigenvalue weighted by molar-refractivity contribution is -0.0443. The van der Waals surface area contributed by atoms with Gasteiger partial charge in [0.2, 0.25) is 0 Å². The SMILES string of the molecule is CC1(C)CCC(C)(C)c2c(N(c3ccc4c(c3)C(C)(C)c3ccccc3-4)c3cc4c(cc3-c3ccccc3)Sc3ccccc3C43C4CC5CC(C4)CC3C5)cccc21. The summed E-state index contributed by atoms with van der Waals surface area (Å²) >= 11 is 2.03. The van der Waals surface area contributed by atoms with Gasteiger partial charge in [0.25, 0.3) is 0 Å². The molecule has 1 heterocycles. The molecule has 4 bridgehead atoms. The van der Waals surface area contributed by atoms with Crippen molar-refractivity contribution in [3.8, 4) is 22.3 Å². The van der Waals surface area contributed by atoms with E-state index in [9.17, 15) is 0 Å². The molecule has 1 nitrogen and oxygen atoms in total. The number of hydrogen-bond donors (Lipinski definition) is 0. The monoisotopic (exact) mass is 787 g/mol. The molecule has 0 amide bonds. The molecule has 0 aromatic heterocycles. The highest BCUT2D eigenvalue weighted by atomic mass is 32.2. The molecule has 0 saturated heterocycles. The summed E-state index contributed by atoms with van der Waals surface area (Å²) in [6.07, 6.45) is 9.33. The van der Waals surface area contributed by atoms with Crippen LogP contribution < -0.4 is 4.90 Å². The minimum absolute atomic E-state index is 0.0183. The zero-order valence-electron chi connectivity index (χ0n) is 35.7. The molecular formula is C57H57NS. The van der Waals surface area contributed by atoms with Crippen LogP contribution in [0.4, 0.5) is 17.1 Å². The molecule has 6 aromatic rings. The fourth-order valence-corrected chi connectivity index (χ4v) is 15.3. The van der Waals surface area contributed by atoms with Crippen molar-refractivity contribution in [3.63, 3.8) is 0 Å². The molecule has 13 rings (SSSR count). The average molecular weight is 788 g/mol. The Hall–Kier alpha value is -4.53. The lowest BCUT2D eigenvalue weighted by Gasteiger charge is -2.63. The molecule has 6 aliphatic carbocycles. The maximum atomic E-state index is 2.76. The van der Waals surface area contributed by atoms with Crippen molar-refractivity contribution < 1.29 is 0 Å². The second-order valence-electron chi connectivity index (χ2n) is 21.2. The summed E-state index contributed by atoms with van der Waals surface area (Å²) < 4.78 is 0. The molecule has 1 spiro atoms. The largest absolute Gasteiger partial charge is 0.310 e. The van der Waals surface area contributed by atoms with Gasteiger partial charge in [-0.1, -0.05) is 144 Å². The summed E-state index contributed by atoms with van der Waals surface area (Å²) in [6.45, 7) is 14.8. The molecule has 59 heavy (non-hydrogen) atoms. The van der Waals surface area contributed by atoms with Gasteiger partial charge in [-0.15, -0.1) is 0 Å². The number of rotatable bonds is 4. The van der Waals surface area contributed by atoms with E-state index in [0.717, 1.165) is 11.8 Å². The molecule has 0 N–H and O–H groups in total. The van der Waals surface area contributed by atoms with E-state index in [2.05, 4.69) is 174 Å². The van der Waals surface area contributed by atoms with Crippen LogP contribution in [0.15, 0.2) is 137 Å². The number of nitrogens with zero attached hydrogens (tertiary/aromatic N) is 1. The maximum Gasteiger partial charge on any atom is 0.0544 e. The van der Waals surface area contributed by atoms with Gasteiger partial charge >= 0.3 is 0 Å². The Labute approximate surface area is 356 Å². The van der Waals surface area contributed by atoms with E-state index in [-0.39, 0.29) is 21.7 Å². The van der Waals surface area contributed by atoms with Crippen LogP contribution in [0, 0.1) is 23.7 Å². The Morgan fingerprint density at radius 3 is 1.88 bits per heavy atom. The van der Waals surface area contributed by atoms with Crippen molar-refractivity contribution in [2.75, 3.05) is 4.90 Å². The average Bonchev–Trinajstić information content (AvgIpc) is 3.46. The molecule has 2 heteroatoms. The normalized spacial score (nSPS) is 26.7. The fraction of sp³-hybridized carbons (Fsp3) is 0.368. The van der Waals surface area contributed by atoms with Crippen molar-refractivity contribution in [3.05, 3.63) is 161 Å². The summed E-state index contributed by atoms with van der Waals surface area (Å²) in [5.41, 5.74) is 18.4. The molecule has 0 unspecified atom stereocenters. The van der Waals surface area contributed by atoms with Gasteiger partial charge in [0, 0.05) is 31.9 Å². The lowest BCUT2D eigenvalue weighted by atomic mass is 9.42. The minimum atomic E-state index is -0.103. The molecule has 4 saturated carbocycles. The van der Waals surface area contributed by atoms with Gasteiger partial charge in [-0.3, -0.25) is 0 Å². The molecule has 296 valence electrons. The second kappa shape index (κ2) is 12.5. The van der Waals surface area contributed by atoms with Crippen LogP contribution in [0.3, 0.4) is 0 Å². The first-order valence-corrected chi connectivity index (χ1v) is 23.5. The highest BCUT2D eigenvalue weighted by Gasteiger charge is 2.61. The van der Waals surface area contributed by atoms with Crippen LogP contribution in [0.5, 0.6) is 0 Å². The number of fused-ring (bicyclic) bond motifs is 6. The Morgan fingerprint density at radius 2 is 1.12 bits per heavy atom. The van der Waals surface area contributed by atoms with Gasteiger partial charge in [-0.2, -0.15) is 0 Å². The first kappa shape index (κ1) is 36.3. The molecular weight excluding hydrogens is 731 g/mol. The lowest BCUT2D eigenvalue weighted by Crippen LogP contribution is -2.57. The van der Waals surface area contributed by atoms with Crippen LogP contribution in [0.25, 0.3) is 22.3 Å². The standard InChI is InChI=1S/C57H57NS/c1-54(2)25-26-55(3,4)53-46(54)20-14-21-49(53)58(40-23-24-42-41-17-10-11-18-44(41)56(5,6)47(42)32-40)50-34-48-52(33-43(50)37-15-8-7-9-16-37)59-51-22-13-12-19-45(51)57(48)38-28-35-27-36(30-38)31-39(57)29-35/h7-24,32-36,38-39H,25-31H2,1-6H3. The third kappa shape index (κ3) is 5.05. The van der Waals surface area contributed by atoms with Crippen LogP contribution in [0.2, 0.25) is 0 Å². The molecule has 4 fully saturated rings. The van der Waals surface area contributed by atoms with E-state index in [1.807, 2.05) is 11.8 Å². The van der Waals surface area contributed by atoms with E-state index in [1.54, 1.807) is 11.1 Å². The van der Waals surface area contributed by atoms with Crippen LogP contribution in [0.1, 0.15) is 120 Å². The van der Waals surface area contributed by atoms with Crippen LogP contribution in [-0.4, -0.2) is 0 Å². The maximum absolute atomic E-state index is 2.76. The van der Waals surface area contributed by atoms with Gasteiger partial charge in [0.1, 0.15) is 0 Å². The Balaban J connectivity index is 1.18. The third-order valence-electron chi connectivity index (χ3n) is 16.7. The summed E-state index contributed by atoms with van der Waals surface area (Å²) in [5.74, 6) is 3.17. The fourth-order valence-electron chi connectivity index (χ4n) is 14.1. The highest BCUT2D eigenvalue weighted by molar-refractivity contribution is 7.99. The van der Waals surface area contributed by atoms with Gasteiger partial charge in [-0.25, -0.2) is 0 Å². The Bertz CT molecular complexity index is 2670. The Kier molecular flexibility index (Phi) is 7.70. The summed E-state index contributed by atoms with van der Waals surface area (Å²) in [7, 11) is 0. The molecule has 6 aromatic carbocycles. The third-order valence-corrected chi connectivity index (χ3v) is 17.9. The van der Waals surface area contributed by atoms with E-state index < -0.39 is 0 Å². The van der Waals surface area contributed by atoms with E-state index >= 15 is 0 Å². The summed E-state index contributed by atoms with van der Waals surface area (Å²) in [6, 6.07) is 50.2. The van der Waals surface area contributed by atoms with Crippen LogP contribution >= 0.6 is 11.8 Å². The summed E-state index contributed by atoms with van der Waals surface area (Å²) in [4.78, 5) is 5.71. The van der Waals surface area contributed by atoms with E-state index in [1.165, 1.54) is 116 Å². The smallest absolute Gasteiger partial charge is 0.0544 e. The molecule has 0 atom stereocenters. The first-order valence-electron chi connectivity index (χ1n) is 22.6. The molecule has 0 radical (unpaired) electrons. The molecule has 7 aliphatic rings. The van der Waals surface area contributed by atoms with Gasteiger partial charge < -0.3 is 4.90 Å². The van der Waals surface area contributed by atoms with Crippen molar-refractivity contribution in [2.24, 2.45) is 23.7 Å². The van der Waals surface area contributed by atoms with Gasteiger partial charge in [0.15, 0.2) is 0 Å². The van der Waals surface area contributed by atoms with Crippen molar-refractivity contribution in [2.45, 2.75) is 118 Å². The predicted octanol–water partition coefficient (Wildman–Crippen LogP) is 15.7. The predicted molar refractivity (Wildman–Crippen MR) is 248 cm³/mol. The minimum Gasteiger partial charge on any atom is -0.310 e. The van der Waals surface area contributed by atoms with Crippen LogP contribution in [-0.2, 0) is 21.7 Å². The summed E-state index contributed by atoms with van der Waals surface area (Å²) in [5, 5.41) is 0. The highest BCUT2D eigenvalue weighted by Crippen LogP contribution is 2.69. The van der Waals surface area contributed by atoms with Crippen molar-refractivity contribution >= 4 is 28.8 Å². The zero-order valence-corrected chi connectivity index (χ0v) is 36.6. The number of anilines is 3. The zero-order chi connectivity index (χ0) is 40.1. The number of benzene rings is 6. The van der Waals surface area contributed by atoms with E-state index in [4.69, 9.17) is 0 Å². The van der Waals surface area contributed by atoms with Gasteiger partial charge in [0.05, 0.1) is 11.4 Å². The first-order chi connectivity index (χ1) is 28.4. The van der Waals surface area contributed by atoms with Crippen molar-refractivity contribution in [1.29, 1.82) is 0 Å². The Morgan fingerprint density at radius 1 is 0.475 bits per heavy atom. The van der Waals surface area contributed by atoms with E-state index in [0.29, 0.717) is 11.8 Å².